The molecular weight excluding hydrogens is 150 g/mol. The summed E-state index contributed by atoms with van der Waals surface area (Å²) in [5, 5.41) is 0. The van der Waals surface area contributed by atoms with Crippen LogP contribution in [0, 0.1) is 0 Å². The van der Waals surface area contributed by atoms with E-state index in [1.165, 1.54) is 6.92 Å². The Morgan fingerprint density at radius 1 is 1.38 bits per heavy atom. The molecule has 6 heteroatoms. The zero-order chi connectivity index (χ0) is 6.78. The van der Waals surface area contributed by atoms with E-state index in [1.54, 1.807) is 0 Å². The van der Waals surface area contributed by atoms with Gasteiger partial charge < -0.3 is 0 Å². The van der Waals surface area contributed by atoms with Crippen molar-refractivity contribution in [3.63, 3.8) is 0 Å². The molecule has 0 aliphatic rings. The van der Waals surface area contributed by atoms with Crippen LogP contribution in [0.3, 0.4) is 0 Å². The Kier molecular flexibility index (Phi) is 3.28. The van der Waals surface area contributed by atoms with Gasteiger partial charge in [0.05, 0.1) is 0 Å². The van der Waals surface area contributed by atoms with Gasteiger partial charge in [-0.25, -0.2) is 0 Å². The van der Waals surface area contributed by atoms with Gasteiger partial charge >= 0.3 is 48.1 Å². The molecule has 4 nitrogen and oxygen atoms in total. The Labute approximate surface area is 49.1 Å². The van der Waals surface area contributed by atoms with Gasteiger partial charge in [0, 0.05) is 0 Å². The molecule has 0 rings (SSSR count). The summed E-state index contributed by atoms with van der Waals surface area (Å²) in [4.78, 5) is 33.8. The molecule has 0 heterocycles. The van der Waals surface area contributed by atoms with Gasteiger partial charge in [-0.15, -0.1) is 0 Å². The maximum absolute atomic E-state index is 8.62. The van der Waals surface area contributed by atoms with Crippen LogP contribution in [0.2, 0.25) is 0 Å². The van der Waals surface area contributed by atoms with Crippen LogP contribution in [0.5, 0.6) is 0 Å². The van der Waals surface area contributed by atoms with E-state index in [-0.39, 0.29) is 6.16 Å². The molecule has 0 aromatic rings. The molecule has 0 radical (unpaired) electrons. The third-order valence-corrected chi connectivity index (χ3v) is 5.25. The zero-order valence-corrected chi connectivity index (χ0v) is 6.34. The van der Waals surface area contributed by atoms with Crippen molar-refractivity contribution >= 4 is 15.5 Å². The van der Waals surface area contributed by atoms with Crippen LogP contribution in [0.25, 0.3) is 0 Å². The summed E-state index contributed by atoms with van der Waals surface area (Å²) >= 11 is 0. The van der Waals surface area contributed by atoms with Crippen LogP contribution in [-0.2, 0) is 0 Å². The third kappa shape index (κ3) is 2.31. The molecule has 52 valence electrons. The first-order chi connectivity index (χ1) is 3.50. The van der Waals surface area contributed by atoms with Gasteiger partial charge in [0.25, 0.3) is 0 Å². The molecule has 0 atom stereocenters. The molecule has 0 aromatic heterocycles. The van der Waals surface area contributed by atoms with Gasteiger partial charge in [0.2, 0.25) is 0 Å². The van der Waals surface area contributed by atoms with Crippen molar-refractivity contribution in [2.45, 2.75) is 6.92 Å². The second-order valence-electron chi connectivity index (χ2n) is 1.42. The van der Waals surface area contributed by atoms with Crippen molar-refractivity contribution in [3.8, 4) is 0 Å². The normalized spacial score (nSPS) is 14.8. The first kappa shape index (κ1) is 8.70. The summed E-state index contributed by atoms with van der Waals surface area (Å²) in [6, 6.07) is 0. The Bertz CT molecular complexity index is 72.4. The van der Waals surface area contributed by atoms with E-state index in [9.17, 15) is 0 Å². The quantitative estimate of drug-likeness (QED) is 0.421. The van der Waals surface area contributed by atoms with Gasteiger partial charge in [-0.2, -0.15) is 0 Å². The van der Waals surface area contributed by atoms with Crippen molar-refractivity contribution in [2.75, 3.05) is 6.16 Å². The molecular formula is C2H10O4P2. The fraction of sp³-hybridized carbons (Fsp3) is 1.00. The molecule has 0 aliphatic heterocycles. The zero-order valence-electron chi connectivity index (χ0n) is 4.44. The van der Waals surface area contributed by atoms with Gasteiger partial charge in [-0.1, -0.05) is 0 Å². The third-order valence-electron chi connectivity index (χ3n) is 0.795. The summed E-state index contributed by atoms with van der Waals surface area (Å²) in [6.45, 7) is 1.51. The minimum absolute atomic E-state index is 0.0612. The monoisotopic (exact) mass is 160 g/mol. The van der Waals surface area contributed by atoms with Gasteiger partial charge in [0.15, 0.2) is 0 Å². The van der Waals surface area contributed by atoms with Gasteiger partial charge in [0.1, 0.15) is 0 Å². The summed E-state index contributed by atoms with van der Waals surface area (Å²) in [6.07, 6.45) is 0.0612. The average molecular weight is 160 g/mol. The Morgan fingerprint density at radius 2 is 1.75 bits per heavy atom. The van der Waals surface area contributed by atoms with E-state index < -0.39 is 15.5 Å². The molecule has 0 saturated heterocycles. The standard InChI is InChI=1S/C2H10O4P2/c1-2-8(5,6)7(3)4/h3-6,8H,2H2,1H3. The topological polar surface area (TPSA) is 80.9 Å². The molecule has 0 aliphatic carbocycles. The maximum atomic E-state index is 8.62. The first-order valence-corrected chi connectivity index (χ1v) is 6.32. The average Bonchev–Trinajstić information content (AvgIpc) is 1.67. The Morgan fingerprint density at radius 3 is 1.75 bits per heavy atom. The molecule has 8 heavy (non-hydrogen) atoms. The van der Waals surface area contributed by atoms with E-state index in [1.807, 2.05) is 0 Å². The van der Waals surface area contributed by atoms with Crippen LogP contribution in [0.4, 0.5) is 0 Å². The minimum atomic E-state index is -3.58. The second kappa shape index (κ2) is 3.02. The molecule has 0 bridgehead atoms. The molecule has 0 spiro atoms. The first-order valence-electron chi connectivity index (χ1n) is 2.13. The summed E-state index contributed by atoms with van der Waals surface area (Å²) in [5.74, 6) is 0. The van der Waals surface area contributed by atoms with Crippen LogP contribution in [-0.4, -0.2) is 25.7 Å². The molecule has 0 unspecified atom stereocenters. The van der Waals surface area contributed by atoms with Crippen LogP contribution < -0.4 is 0 Å². The van der Waals surface area contributed by atoms with Crippen LogP contribution >= 0.6 is 15.5 Å². The SMILES string of the molecule is CC[PH](O)(O)P(O)O. The number of hydrogen-bond acceptors (Lipinski definition) is 4. The fourth-order valence-corrected chi connectivity index (χ4v) is 1.27. The molecule has 0 amide bonds. The summed E-state index contributed by atoms with van der Waals surface area (Å²) < 4.78 is 0. The molecule has 0 saturated carbocycles. The van der Waals surface area contributed by atoms with Crippen molar-refractivity contribution in [1.29, 1.82) is 0 Å². The molecule has 0 aromatic carbocycles. The predicted molar refractivity (Wildman–Crippen MR) is 34.7 cm³/mol. The summed E-state index contributed by atoms with van der Waals surface area (Å²) in [5.41, 5.74) is 0. The van der Waals surface area contributed by atoms with Crippen molar-refractivity contribution < 1.29 is 19.6 Å². The van der Waals surface area contributed by atoms with Gasteiger partial charge in [-0.05, 0) is 0 Å². The predicted octanol–water partition coefficient (Wildman–Crippen LogP) is -0.218. The van der Waals surface area contributed by atoms with Crippen LogP contribution in [0.15, 0.2) is 0 Å². The van der Waals surface area contributed by atoms with E-state index in [0.29, 0.717) is 0 Å². The van der Waals surface area contributed by atoms with E-state index in [0.717, 1.165) is 0 Å². The van der Waals surface area contributed by atoms with E-state index >= 15 is 0 Å². The van der Waals surface area contributed by atoms with Gasteiger partial charge in [-0.3, -0.25) is 0 Å². The summed E-state index contributed by atoms with van der Waals surface area (Å²) in [7, 11) is -6.07. The Balaban J connectivity index is 3.71. The fourth-order valence-electron chi connectivity index (χ4n) is 0.141. The second-order valence-corrected chi connectivity index (χ2v) is 7.60. The van der Waals surface area contributed by atoms with Crippen molar-refractivity contribution in [3.05, 3.63) is 0 Å². The molecule has 4 N–H and O–H groups in total. The van der Waals surface area contributed by atoms with Crippen molar-refractivity contribution in [1.82, 2.24) is 0 Å². The molecule has 0 fully saturated rings. The van der Waals surface area contributed by atoms with Crippen LogP contribution in [0.1, 0.15) is 6.92 Å². The Hall–Kier alpha value is 0.700. The van der Waals surface area contributed by atoms with E-state index in [2.05, 4.69) is 0 Å². The van der Waals surface area contributed by atoms with E-state index in [4.69, 9.17) is 19.6 Å². The van der Waals surface area contributed by atoms with Crippen molar-refractivity contribution in [2.24, 2.45) is 0 Å². The number of hydrogen-bond donors (Lipinski definition) is 4. The number of rotatable bonds is 2.